The molecule has 0 saturated carbocycles. The van der Waals surface area contributed by atoms with Gasteiger partial charge in [0.1, 0.15) is 18.0 Å². The zero-order valence-corrected chi connectivity index (χ0v) is 27.2. The number of halogens is 1. The van der Waals surface area contributed by atoms with Crippen molar-refractivity contribution in [1.82, 2.24) is 4.98 Å². The predicted octanol–water partition coefficient (Wildman–Crippen LogP) is 8.67. The molecule has 1 aliphatic rings. The average molecular weight is 644 g/mol. The Hall–Kier alpha value is -3.30. The first-order chi connectivity index (χ1) is 21.8. The molecule has 6 nitrogen and oxygen atoms in total. The lowest BCUT2D eigenvalue weighted by Gasteiger charge is -2.49. The van der Waals surface area contributed by atoms with E-state index in [1.54, 1.807) is 31.4 Å². The molecule has 3 aromatic carbocycles. The number of benzene rings is 3. The minimum atomic E-state index is -1.12. The monoisotopic (exact) mass is 643 g/mol. The SMILES string of the molecule is C[C@H]1[C@H](OCc2ccccc2)[C@@H](OCc2ccccc2)[C@H](c2ccc(Cl)c(Cc3ncc(-c4ccco4)s3)c2)O[C@@H]1C(C)(C)O. The van der Waals surface area contributed by atoms with Crippen LogP contribution in [0.1, 0.15) is 54.1 Å². The molecule has 5 aromatic rings. The molecule has 2 aromatic heterocycles. The van der Waals surface area contributed by atoms with Crippen LogP contribution >= 0.6 is 22.9 Å². The smallest absolute Gasteiger partial charge is 0.145 e. The van der Waals surface area contributed by atoms with Gasteiger partial charge in [0.05, 0.1) is 47.2 Å². The first-order valence-electron chi connectivity index (χ1n) is 15.2. The van der Waals surface area contributed by atoms with E-state index in [0.29, 0.717) is 24.7 Å². The Kier molecular flexibility index (Phi) is 9.85. The van der Waals surface area contributed by atoms with E-state index < -0.39 is 23.9 Å². The van der Waals surface area contributed by atoms with Gasteiger partial charge in [0.25, 0.3) is 0 Å². The summed E-state index contributed by atoms with van der Waals surface area (Å²) in [5.41, 5.74) is 2.85. The van der Waals surface area contributed by atoms with Gasteiger partial charge in [-0.25, -0.2) is 4.98 Å². The number of hydrogen-bond acceptors (Lipinski definition) is 7. The molecule has 3 heterocycles. The second kappa shape index (κ2) is 14.0. The van der Waals surface area contributed by atoms with Crippen LogP contribution in [0, 0.1) is 5.92 Å². The number of thiazole rings is 1. The second-order valence-corrected chi connectivity index (χ2v) is 13.7. The molecule has 0 spiro atoms. The highest BCUT2D eigenvalue weighted by Gasteiger charge is 2.50. The molecule has 1 saturated heterocycles. The minimum absolute atomic E-state index is 0.159. The number of hydrogen-bond donors (Lipinski definition) is 1. The lowest BCUT2D eigenvalue weighted by molar-refractivity contribution is -0.264. The van der Waals surface area contributed by atoms with E-state index in [1.807, 2.05) is 79.0 Å². The predicted molar refractivity (Wildman–Crippen MR) is 177 cm³/mol. The van der Waals surface area contributed by atoms with Crippen molar-refractivity contribution in [1.29, 1.82) is 0 Å². The van der Waals surface area contributed by atoms with Crippen LogP contribution in [0.25, 0.3) is 10.6 Å². The molecule has 8 heteroatoms. The lowest BCUT2D eigenvalue weighted by Crippen LogP contribution is -2.57. The molecular weight excluding hydrogens is 606 g/mol. The van der Waals surface area contributed by atoms with Crippen molar-refractivity contribution in [2.75, 3.05) is 0 Å². The third-order valence-corrected chi connectivity index (χ3v) is 9.62. The van der Waals surface area contributed by atoms with Gasteiger partial charge in [-0.05, 0) is 54.3 Å². The molecule has 1 aliphatic heterocycles. The van der Waals surface area contributed by atoms with Crippen LogP contribution in [0.5, 0.6) is 0 Å². The van der Waals surface area contributed by atoms with Crippen molar-refractivity contribution in [2.45, 2.75) is 70.4 Å². The highest BCUT2D eigenvalue weighted by atomic mass is 35.5. The van der Waals surface area contributed by atoms with Gasteiger partial charge in [0.2, 0.25) is 0 Å². The summed E-state index contributed by atoms with van der Waals surface area (Å²) in [5, 5.41) is 12.9. The topological polar surface area (TPSA) is 74.0 Å². The molecule has 234 valence electrons. The lowest BCUT2D eigenvalue weighted by atomic mass is 9.79. The highest BCUT2D eigenvalue weighted by molar-refractivity contribution is 7.15. The largest absolute Gasteiger partial charge is 0.463 e. The summed E-state index contributed by atoms with van der Waals surface area (Å²) < 4.78 is 25.8. The molecule has 5 atom stereocenters. The van der Waals surface area contributed by atoms with Crippen molar-refractivity contribution in [3.8, 4) is 10.6 Å². The summed E-state index contributed by atoms with van der Waals surface area (Å²) in [4.78, 5) is 5.60. The fourth-order valence-corrected chi connectivity index (χ4v) is 7.13. The van der Waals surface area contributed by atoms with Crippen molar-refractivity contribution in [3.63, 3.8) is 0 Å². The molecular formula is C37H38ClNO5S. The van der Waals surface area contributed by atoms with Crippen molar-refractivity contribution in [3.05, 3.63) is 136 Å². The van der Waals surface area contributed by atoms with Gasteiger partial charge >= 0.3 is 0 Å². The molecule has 0 amide bonds. The summed E-state index contributed by atoms with van der Waals surface area (Å²) in [7, 11) is 0. The van der Waals surface area contributed by atoms with Crippen LogP contribution in [0.3, 0.4) is 0 Å². The zero-order valence-electron chi connectivity index (χ0n) is 25.6. The van der Waals surface area contributed by atoms with E-state index in [0.717, 1.165) is 37.9 Å². The fourth-order valence-electron chi connectivity index (χ4n) is 6.04. The Balaban J connectivity index is 1.33. The number of ether oxygens (including phenoxy) is 3. The first-order valence-corrected chi connectivity index (χ1v) is 16.4. The van der Waals surface area contributed by atoms with Crippen LogP contribution in [0.2, 0.25) is 5.02 Å². The third kappa shape index (κ3) is 7.58. The van der Waals surface area contributed by atoms with Crippen LogP contribution in [-0.2, 0) is 33.8 Å². The van der Waals surface area contributed by atoms with E-state index in [2.05, 4.69) is 30.1 Å². The molecule has 1 fully saturated rings. The highest BCUT2D eigenvalue weighted by Crippen LogP contribution is 2.43. The van der Waals surface area contributed by atoms with E-state index in [9.17, 15) is 5.11 Å². The molecule has 0 bridgehead atoms. The Morgan fingerprint density at radius 1 is 0.889 bits per heavy atom. The van der Waals surface area contributed by atoms with E-state index in [4.69, 9.17) is 30.2 Å². The molecule has 1 N–H and O–H groups in total. The minimum Gasteiger partial charge on any atom is -0.463 e. The number of aliphatic hydroxyl groups is 1. The standard InChI is InChI=1S/C37H38ClNO5S/c1-24-33(42-22-25-11-6-4-7-12-25)35(43-23-26-13-8-5-9-14-26)34(44-36(24)37(2,3)40)27-16-17-29(38)28(19-27)20-32-39-21-31(45-32)30-15-10-18-41-30/h4-19,21,24,33-36,40H,20,22-23H2,1-3H3/t24-,33-,34-,35+,36-/m0/s1. The summed E-state index contributed by atoms with van der Waals surface area (Å²) in [6, 6.07) is 30.0. The molecule has 0 radical (unpaired) electrons. The molecule has 0 unspecified atom stereocenters. The summed E-state index contributed by atoms with van der Waals surface area (Å²) in [5.74, 6) is 0.633. The number of furan rings is 1. The van der Waals surface area contributed by atoms with Crippen LogP contribution in [-0.4, -0.2) is 34.0 Å². The number of nitrogens with zero attached hydrogens (tertiary/aromatic N) is 1. The van der Waals surface area contributed by atoms with E-state index >= 15 is 0 Å². The maximum Gasteiger partial charge on any atom is 0.145 e. The Morgan fingerprint density at radius 3 is 2.18 bits per heavy atom. The summed E-state index contributed by atoms with van der Waals surface area (Å²) >= 11 is 8.34. The molecule has 6 rings (SSSR count). The van der Waals surface area contributed by atoms with Gasteiger partial charge < -0.3 is 23.7 Å². The van der Waals surface area contributed by atoms with Gasteiger partial charge in [-0.2, -0.15) is 0 Å². The van der Waals surface area contributed by atoms with E-state index in [-0.39, 0.29) is 12.0 Å². The number of rotatable bonds is 11. The van der Waals surface area contributed by atoms with Crippen molar-refractivity contribution >= 4 is 22.9 Å². The fraction of sp³-hybridized carbons (Fsp3) is 0.324. The maximum atomic E-state index is 11.3. The van der Waals surface area contributed by atoms with Gasteiger partial charge in [-0.3, -0.25) is 0 Å². The van der Waals surface area contributed by atoms with Crippen LogP contribution in [0.4, 0.5) is 0 Å². The van der Waals surface area contributed by atoms with Gasteiger partial charge in [-0.15, -0.1) is 11.3 Å². The van der Waals surface area contributed by atoms with Crippen LogP contribution in [0.15, 0.2) is 108 Å². The quantitative estimate of drug-likeness (QED) is 0.155. The average Bonchev–Trinajstić information content (AvgIpc) is 3.74. The first kappa shape index (κ1) is 31.7. The van der Waals surface area contributed by atoms with Gasteiger partial charge in [-0.1, -0.05) is 91.3 Å². The second-order valence-electron chi connectivity index (χ2n) is 12.1. The zero-order chi connectivity index (χ0) is 31.4. The normalized spacial score (nSPS) is 22.0. The maximum absolute atomic E-state index is 11.3. The Morgan fingerprint density at radius 2 is 1.56 bits per heavy atom. The van der Waals surface area contributed by atoms with Gasteiger partial charge in [0.15, 0.2) is 0 Å². The van der Waals surface area contributed by atoms with Gasteiger partial charge in [0, 0.05) is 23.6 Å². The summed E-state index contributed by atoms with van der Waals surface area (Å²) in [6.07, 6.45) is 2.20. The molecule has 0 aliphatic carbocycles. The number of aromatic nitrogens is 1. The Bertz CT molecular complexity index is 1650. The third-order valence-electron chi connectivity index (χ3n) is 8.24. The molecule has 45 heavy (non-hydrogen) atoms. The summed E-state index contributed by atoms with van der Waals surface area (Å²) in [6.45, 7) is 6.46. The van der Waals surface area contributed by atoms with Crippen molar-refractivity contribution < 1.29 is 23.7 Å². The Labute approximate surface area is 273 Å². The van der Waals surface area contributed by atoms with Crippen LogP contribution < -0.4 is 0 Å². The van der Waals surface area contributed by atoms with E-state index in [1.165, 1.54) is 0 Å². The van der Waals surface area contributed by atoms with Crippen molar-refractivity contribution in [2.24, 2.45) is 5.92 Å².